The number of aromatic nitrogens is 2. The molecule has 1 heterocycles. The number of nitrogens with zero attached hydrogens (tertiary/aromatic N) is 1. The molecule has 0 aliphatic heterocycles. The van der Waals surface area contributed by atoms with Crippen molar-refractivity contribution in [1.29, 1.82) is 0 Å². The Morgan fingerprint density at radius 3 is 3.07 bits per heavy atom. The molecule has 0 saturated carbocycles. The molecule has 2 aromatic rings. The highest BCUT2D eigenvalue weighted by atomic mass is 16.5. The van der Waals surface area contributed by atoms with Crippen LogP contribution in [0.5, 0.6) is 0 Å². The summed E-state index contributed by atoms with van der Waals surface area (Å²) in [6.45, 7) is 4.21. The predicted molar refractivity (Wildman–Crippen MR) is 61.1 cm³/mol. The van der Waals surface area contributed by atoms with Gasteiger partial charge in [0.1, 0.15) is 0 Å². The van der Waals surface area contributed by atoms with Crippen molar-refractivity contribution < 1.29 is 4.74 Å². The summed E-state index contributed by atoms with van der Waals surface area (Å²) in [5.74, 6) is 0.802. The molecule has 1 aromatic carbocycles. The molecule has 0 saturated heterocycles. The van der Waals surface area contributed by atoms with Crippen molar-refractivity contribution in [3.05, 3.63) is 24.3 Å². The number of hydrogen-bond acceptors (Lipinski definition) is 3. The van der Waals surface area contributed by atoms with E-state index in [4.69, 9.17) is 4.74 Å². The summed E-state index contributed by atoms with van der Waals surface area (Å²) >= 11 is 0. The summed E-state index contributed by atoms with van der Waals surface area (Å²) in [5, 5.41) is 3.18. The molecule has 0 atom stereocenters. The zero-order chi connectivity index (χ0) is 10.5. The zero-order valence-corrected chi connectivity index (χ0v) is 8.79. The van der Waals surface area contributed by atoms with Crippen molar-refractivity contribution in [2.75, 3.05) is 25.1 Å². The van der Waals surface area contributed by atoms with Gasteiger partial charge in [-0.15, -0.1) is 0 Å². The molecule has 4 nitrogen and oxygen atoms in total. The Kier molecular flexibility index (Phi) is 3.19. The van der Waals surface area contributed by atoms with E-state index in [-0.39, 0.29) is 0 Å². The molecule has 0 unspecified atom stereocenters. The van der Waals surface area contributed by atoms with Gasteiger partial charge in [-0.05, 0) is 19.1 Å². The van der Waals surface area contributed by atoms with Gasteiger partial charge in [-0.1, -0.05) is 12.1 Å². The van der Waals surface area contributed by atoms with Crippen molar-refractivity contribution in [3.8, 4) is 0 Å². The van der Waals surface area contributed by atoms with Gasteiger partial charge in [-0.25, -0.2) is 4.98 Å². The van der Waals surface area contributed by atoms with Gasteiger partial charge < -0.3 is 15.0 Å². The highest BCUT2D eigenvalue weighted by Gasteiger charge is 1.99. The van der Waals surface area contributed by atoms with Gasteiger partial charge in [-0.2, -0.15) is 0 Å². The minimum Gasteiger partial charge on any atom is -0.380 e. The van der Waals surface area contributed by atoms with Crippen LogP contribution in [0.2, 0.25) is 0 Å². The Balaban J connectivity index is 1.97. The zero-order valence-electron chi connectivity index (χ0n) is 8.79. The lowest BCUT2D eigenvalue weighted by Gasteiger charge is -2.01. The van der Waals surface area contributed by atoms with Crippen LogP contribution in [0.3, 0.4) is 0 Å². The van der Waals surface area contributed by atoms with Crippen molar-refractivity contribution in [1.82, 2.24) is 9.97 Å². The average Bonchev–Trinajstić information content (AvgIpc) is 2.67. The first-order chi connectivity index (χ1) is 7.40. The number of para-hydroxylation sites is 2. The summed E-state index contributed by atoms with van der Waals surface area (Å²) in [7, 11) is 0. The van der Waals surface area contributed by atoms with Crippen molar-refractivity contribution in [3.63, 3.8) is 0 Å². The van der Waals surface area contributed by atoms with E-state index in [0.29, 0.717) is 6.61 Å². The number of rotatable bonds is 5. The molecule has 0 aliphatic rings. The van der Waals surface area contributed by atoms with E-state index in [2.05, 4.69) is 15.3 Å². The summed E-state index contributed by atoms with van der Waals surface area (Å²) in [6, 6.07) is 7.97. The number of hydrogen-bond donors (Lipinski definition) is 2. The highest BCUT2D eigenvalue weighted by Crippen LogP contribution is 2.12. The monoisotopic (exact) mass is 205 g/mol. The molecule has 0 bridgehead atoms. The first-order valence-corrected chi connectivity index (χ1v) is 5.16. The van der Waals surface area contributed by atoms with Crippen LogP contribution in [0.25, 0.3) is 11.0 Å². The Hall–Kier alpha value is -1.55. The highest BCUT2D eigenvalue weighted by molar-refractivity contribution is 5.77. The first kappa shape index (κ1) is 9.98. The van der Waals surface area contributed by atoms with Gasteiger partial charge in [0.25, 0.3) is 0 Å². The fourth-order valence-corrected chi connectivity index (χ4v) is 1.42. The maximum Gasteiger partial charge on any atom is 0.201 e. The topological polar surface area (TPSA) is 49.9 Å². The van der Waals surface area contributed by atoms with Gasteiger partial charge in [-0.3, -0.25) is 0 Å². The molecule has 80 valence electrons. The van der Waals surface area contributed by atoms with E-state index in [1.807, 2.05) is 31.2 Å². The Morgan fingerprint density at radius 1 is 1.40 bits per heavy atom. The van der Waals surface area contributed by atoms with E-state index >= 15 is 0 Å². The van der Waals surface area contributed by atoms with Gasteiger partial charge in [0.15, 0.2) is 0 Å². The lowest BCUT2D eigenvalue weighted by atomic mass is 10.3. The Morgan fingerprint density at radius 2 is 2.27 bits per heavy atom. The van der Waals surface area contributed by atoms with Crippen LogP contribution < -0.4 is 5.32 Å². The fourth-order valence-electron chi connectivity index (χ4n) is 1.42. The molecule has 0 fully saturated rings. The number of aromatic amines is 1. The number of benzene rings is 1. The summed E-state index contributed by atoms with van der Waals surface area (Å²) in [6.07, 6.45) is 0. The van der Waals surface area contributed by atoms with Gasteiger partial charge in [0.05, 0.1) is 17.6 Å². The molecule has 1 aromatic heterocycles. The third kappa shape index (κ3) is 2.47. The normalized spacial score (nSPS) is 10.7. The second-order valence-corrected chi connectivity index (χ2v) is 3.23. The second-order valence-electron chi connectivity index (χ2n) is 3.23. The van der Waals surface area contributed by atoms with Gasteiger partial charge >= 0.3 is 0 Å². The van der Waals surface area contributed by atoms with Crippen LogP contribution in [0.15, 0.2) is 24.3 Å². The number of anilines is 1. The van der Waals surface area contributed by atoms with Crippen LogP contribution in [-0.4, -0.2) is 29.7 Å². The summed E-state index contributed by atoms with van der Waals surface area (Å²) < 4.78 is 5.23. The molecule has 4 heteroatoms. The molecule has 0 aliphatic carbocycles. The molecular weight excluding hydrogens is 190 g/mol. The molecule has 0 spiro atoms. The van der Waals surface area contributed by atoms with Crippen molar-refractivity contribution >= 4 is 17.0 Å². The largest absolute Gasteiger partial charge is 0.380 e. The van der Waals surface area contributed by atoms with E-state index in [1.165, 1.54) is 0 Å². The van der Waals surface area contributed by atoms with Crippen LogP contribution in [0.1, 0.15) is 6.92 Å². The van der Waals surface area contributed by atoms with Gasteiger partial charge in [0.2, 0.25) is 5.95 Å². The number of ether oxygens (including phenoxy) is 1. The smallest absolute Gasteiger partial charge is 0.201 e. The predicted octanol–water partition coefficient (Wildman–Crippen LogP) is 2.01. The van der Waals surface area contributed by atoms with Crippen LogP contribution in [0, 0.1) is 0 Å². The third-order valence-electron chi connectivity index (χ3n) is 2.13. The van der Waals surface area contributed by atoms with Crippen LogP contribution >= 0.6 is 0 Å². The second kappa shape index (κ2) is 4.79. The number of imidazole rings is 1. The molecule has 2 rings (SSSR count). The van der Waals surface area contributed by atoms with E-state index in [9.17, 15) is 0 Å². The lowest BCUT2D eigenvalue weighted by Crippen LogP contribution is -2.09. The number of H-pyrrole nitrogens is 1. The molecular formula is C11H15N3O. The summed E-state index contributed by atoms with van der Waals surface area (Å²) in [4.78, 5) is 7.58. The minimum absolute atomic E-state index is 0.702. The maximum atomic E-state index is 5.23. The molecule has 0 amide bonds. The Labute approximate surface area is 88.7 Å². The first-order valence-electron chi connectivity index (χ1n) is 5.16. The van der Waals surface area contributed by atoms with E-state index < -0.39 is 0 Å². The third-order valence-corrected chi connectivity index (χ3v) is 2.13. The van der Waals surface area contributed by atoms with Crippen molar-refractivity contribution in [2.24, 2.45) is 0 Å². The SMILES string of the molecule is CCOCCNc1nc2ccccc2[nH]1. The molecule has 2 N–H and O–H groups in total. The molecule has 0 radical (unpaired) electrons. The van der Waals surface area contributed by atoms with E-state index in [0.717, 1.165) is 30.1 Å². The van der Waals surface area contributed by atoms with Gasteiger partial charge in [0, 0.05) is 13.2 Å². The average molecular weight is 205 g/mol. The Bertz CT molecular complexity index is 391. The lowest BCUT2D eigenvalue weighted by molar-refractivity contribution is 0.158. The number of nitrogens with one attached hydrogen (secondary N) is 2. The minimum atomic E-state index is 0.702. The van der Waals surface area contributed by atoms with E-state index in [1.54, 1.807) is 0 Å². The fraction of sp³-hybridized carbons (Fsp3) is 0.364. The standard InChI is InChI=1S/C11H15N3O/c1-2-15-8-7-12-11-13-9-5-3-4-6-10(9)14-11/h3-6H,2,7-8H2,1H3,(H2,12,13,14). The van der Waals surface area contributed by atoms with Crippen molar-refractivity contribution in [2.45, 2.75) is 6.92 Å². The maximum absolute atomic E-state index is 5.23. The molecule has 15 heavy (non-hydrogen) atoms. The van der Waals surface area contributed by atoms with Crippen LogP contribution in [0.4, 0.5) is 5.95 Å². The summed E-state index contributed by atoms with van der Waals surface area (Å²) in [5.41, 5.74) is 2.04. The number of fused-ring (bicyclic) bond motifs is 1. The quantitative estimate of drug-likeness (QED) is 0.734. The van der Waals surface area contributed by atoms with Crippen LogP contribution in [-0.2, 0) is 4.74 Å².